The maximum absolute atomic E-state index is 13.0. The van der Waals surface area contributed by atoms with Gasteiger partial charge in [-0.3, -0.25) is 9.36 Å². The van der Waals surface area contributed by atoms with Crippen LogP contribution in [0.3, 0.4) is 0 Å². The molecule has 2 heterocycles. The Hall–Kier alpha value is -2.97. The van der Waals surface area contributed by atoms with Crippen molar-refractivity contribution in [1.82, 2.24) is 19.9 Å². The SMILES string of the molecule is COCCCNC(=O)c1c(N)n(-c2ccc(Br)cc2)c2nc3ccccc3nc12. The zero-order valence-electron chi connectivity index (χ0n) is 15.9. The summed E-state index contributed by atoms with van der Waals surface area (Å²) in [6.45, 7) is 1.05. The van der Waals surface area contributed by atoms with E-state index in [-0.39, 0.29) is 5.91 Å². The number of ether oxygens (including phenoxy) is 1. The Bertz CT molecular complexity index is 1190. The predicted octanol–water partition coefficient (Wildman–Crippen LogP) is 3.68. The molecule has 2 aromatic heterocycles. The summed E-state index contributed by atoms with van der Waals surface area (Å²) < 4.78 is 7.75. The summed E-state index contributed by atoms with van der Waals surface area (Å²) in [5.41, 5.74) is 10.1. The lowest BCUT2D eigenvalue weighted by Crippen LogP contribution is -2.26. The number of halogens is 1. The molecule has 0 saturated heterocycles. The summed E-state index contributed by atoms with van der Waals surface area (Å²) >= 11 is 3.45. The summed E-state index contributed by atoms with van der Waals surface area (Å²) in [6, 6.07) is 15.2. The molecule has 2 aromatic carbocycles. The van der Waals surface area contributed by atoms with Gasteiger partial charge in [-0.05, 0) is 42.8 Å². The Morgan fingerprint density at radius 2 is 1.83 bits per heavy atom. The summed E-state index contributed by atoms with van der Waals surface area (Å²) in [5, 5.41) is 2.90. The first kappa shape index (κ1) is 19.4. The van der Waals surface area contributed by atoms with Crippen LogP contribution in [0, 0.1) is 0 Å². The average molecular weight is 454 g/mol. The van der Waals surface area contributed by atoms with E-state index in [1.807, 2.05) is 48.5 Å². The minimum absolute atomic E-state index is 0.274. The van der Waals surface area contributed by atoms with E-state index in [0.717, 1.165) is 15.7 Å². The molecule has 148 valence electrons. The minimum Gasteiger partial charge on any atom is -0.385 e. The quantitative estimate of drug-likeness (QED) is 0.434. The van der Waals surface area contributed by atoms with E-state index >= 15 is 0 Å². The number of anilines is 1. The molecule has 0 unspecified atom stereocenters. The number of nitrogens with two attached hydrogens (primary N) is 1. The van der Waals surface area contributed by atoms with Gasteiger partial charge < -0.3 is 15.8 Å². The number of hydrogen-bond acceptors (Lipinski definition) is 5. The van der Waals surface area contributed by atoms with Gasteiger partial charge in [0.1, 0.15) is 16.9 Å². The van der Waals surface area contributed by atoms with Crippen LogP contribution in [0.1, 0.15) is 16.8 Å². The van der Waals surface area contributed by atoms with E-state index in [0.29, 0.717) is 47.6 Å². The zero-order chi connectivity index (χ0) is 20.4. The Kier molecular flexibility index (Phi) is 5.46. The molecule has 8 heteroatoms. The first-order valence-corrected chi connectivity index (χ1v) is 9.99. The molecule has 0 aliphatic carbocycles. The lowest BCUT2D eigenvalue weighted by Gasteiger charge is -2.08. The predicted molar refractivity (Wildman–Crippen MR) is 117 cm³/mol. The number of carbonyl (C=O) groups is 1. The van der Waals surface area contributed by atoms with Crippen molar-refractivity contribution >= 4 is 49.9 Å². The molecular weight excluding hydrogens is 434 g/mol. The highest BCUT2D eigenvalue weighted by molar-refractivity contribution is 9.10. The van der Waals surface area contributed by atoms with Crippen molar-refractivity contribution < 1.29 is 9.53 Å². The smallest absolute Gasteiger partial charge is 0.257 e. The van der Waals surface area contributed by atoms with E-state index in [9.17, 15) is 4.79 Å². The molecule has 1 amide bonds. The Morgan fingerprint density at radius 1 is 1.14 bits per heavy atom. The summed E-state index contributed by atoms with van der Waals surface area (Å²) in [4.78, 5) is 22.4. The number of para-hydroxylation sites is 2. The number of nitrogens with one attached hydrogen (secondary N) is 1. The number of carbonyl (C=O) groups excluding carboxylic acids is 1. The van der Waals surface area contributed by atoms with Gasteiger partial charge in [0.25, 0.3) is 5.91 Å². The lowest BCUT2D eigenvalue weighted by atomic mass is 10.2. The zero-order valence-corrected chi connectivity index (χ0v) is 17.4. The average Bonchev–Trinajstić information content (AvgIpc) is 3.01. The number of hydrogen-bond donors (Lipinski definition) is 2. The van der Waals surface area contributed by atoms with E-state index < -0.39 is 0 Å². The number of amides is 1. The van der Waals surface area contributed by atoms with Crippen LogP contribution in [0.25, 0.3) is 27.9 Å². The molecule has 0 radical (unpaired) electrons. The van der Waals surface area contributed by atoms with E-state index in [2.05, 4.69) is 21.2 Å². The molecule has 4 aromatic rings. The van der Waals surface area contributed by atoms with Crippen LogP contribution < -0.4 is 11.1 Å². The molecule has 0 aliphatic rings. The van der Waals surface area contributed by atoms with E-state index in [4.69, 9.17) is 20.4 Å². The highest BCUT2D eigenvalue weighted by atomic mass is 79.9. The first-order valence-electron chi connectivity index (χ1n) is 9.20. The Morgan fingerprint density at radius 3 is 2.52 bits per heavy atom. The van der Waals surface area contributed by atoms with Gasteiger partial charge in [0.2, 0.25) is 0 Å². The van der Waals surface area contributed by atoms with Gasteiger partial charge in [-0.15, -0.1) is 0 Å². The normalized spacial score (nSPS) is 11.2. The topological polar surface area (TPSA) is 95.1 Å². The van der Waals surface area contributed by atoms with Crippen LogP contribution in [-0.4, -0.2) is 40.7 Å². The monoisotopic (exact) mass is 453 g/mol. The number of aromatic nitrogens is 3. The van der Waals surface area contributed by atoms with Gasteiger partial charge in [0, 0.05) is 30.4 Å². The van der Waals surface area contributed by atoms with Crippen LogP contribution >= 0.6 is 15.9 Å². The van der Waals surface area contributed by atoms with Crippen molar-refractivity contribution in [2.75, 3.05) is 26.0 Å². The molecule has 29 heavy (non-hydrogen) atoms. The third kappa shape index (κ3) is 3.68. The van der Waals surface area contributed by atoms with Gasteiger partial charge in [0.15, 0.2) is 5.65 Å². The van der Waals surface area contributed by atoms with Crippen molar-refractivity contribution in [3.63, 3.8) is 0 Å². The lowest BCUT2D eigenvalue weighted by molar-refractivity contribution is 0.0951. The van der Waals surface area contributed by atoms with Crippen LogP contribution in [0.2, 0.25) is 0 Å². The van der Waals surface area contributed by atoms with Crippen molar-refractivity contribution in [3.8, 4) is 5.69 Å². The molecule has 0 atom stereocenters. The Labute approximate surface area is 176 Å². The van der Waals surface area contributed by atoms with Gasteiger partial charge in [-0.1, -0.05) is 28.1 Å². The standard InChI is InChI=1S/C21H20BrN5O2/c1-29-12-4-11-24-21(28)17-18-20(26-16-6-3-2-5-15(16)25-18)27(19(17)23)14-9-7-13(22)8-10-14/h2-3,5-10H,4,11-12,23H2,1H3,(H,24,28). The fourth-order valence-corrected chi connectivity index (χ4v) is 3.51. The number of nitrogen functional groups attached to an aromatic ring is 1. The van der Waals surface area contributed by atoms with Gasteiger partial charge in [-0.25, -0.2) is 9.97 Å². The molecule has 7 nitrogen and oxygen atoms in total. The second-order valence-electron chi connectivity index (χ2n) is 6.56. The van der Waals surface area contributed by atoms with Crippen LogP contribution in [0.15, 0.2) is 53.0 Å². The van der Waals surface area contributed by atoms with Gasteiger partial charge in [0.05, 0.1) is 11.0 Å². The molecule has 0 aliphatic heterocycles. The molecule has 4 rings (SSSR count). The molecular formula is C21H20BrN5O2. The summed E-state index contributed by atoms with van der Waals surface area (Å²) in [5.74, 6) is 0.0333. The van der Waals surface area contributed by atoms with Gasteiger partial charge in [-0.2, -0.15) is 0 Å². The van der Waals surface area contributed by atoms with Crippen molar-refractivity contribution in [2.45, 2.75) is 6.42 Å². The van der Waals surface area contributed by atoms with Crippen molar-refractivity contribution in [1.29, 1.82) is 0 Å². The first-order chi connectivity index (χ1) is 14.1. The minimum atomic E-state index is -0.274. The Balaban J connectivity index is 1.89. The maximum atomic E-state index is 13.0. The third-order valence-corrected chi connectivity index (χ3v) is 5.15. The van der Waals surface area contributed by atoms with E-state index in [1.54, 1.807) is 11.7 Å². The highest BCUT2D eigenvalue weighted by Crippen LogP contribution is 2.31. The second-order valence-corrected chi connectivity index (χ2v) is 7.47. The molecule has 0 bridgehead atoms. The number of rotatable bonds is 6. The van der Waals surface area contributed by atoms with Crippen LogP contribution in [-0.2, 0) is 4.74 Å². The number of methoxy groups -OCH3 is 1. The molecule has 0 fully saturated rings. The number of fused-ring (bicyclic) bond motifs is 2. The summed E-state index contributed by atoms with van der Waals surface area (Å²) in [6.07, 6.45) is 0.710. The molecule has 0 spiro atoms. The fourth-order valence-electron chi connectivity index (χ4n) is 3.24. The van der Waals surface area contributed by atoms with E-state index in [1.165, 1.54) is 0 Å². The number of benzene rings is 2. The van der Waals surface area contributed by atoms with Crippen molar-refractivity contribution in [3.05, 3.63) is 58.6 Å². The van der Waals surface area contributed by atoms with Crippen molar-refractivity contribution in [2.24, 2.45) is 0 Å². The fraction of sp³-hybridized carbons (Fsp3) is 0.190. The highest BCUT2D eigenvalue weighted by Gasteiger charge is 2.24. The molecule has 3 N–H and O–H groups in total. The molecule has 0 saturated carbocycles. The number of nitrogens with zero attached hydrogens (tertiary/aromatic N) is 3. The second kappa shape index (κ2) is 8.18. The maximum Gasteiger partial charge on any atom is 0.257 e. The van der Waals surface area contributed by atoms with Gasteiger partial charge >= 0.3 is 0 Å². The summed E-state index contributed by atoms with van der Waals surface area (Å²) in [7, 11) is 1.63. The van der Waals surface area contributed by atoms with Crippen LogP contribution in [0.5, 0.6) is 0 Å². The third-order valence-electron chi connectivity index (χ3n) is 4.62. The van der Waals surface area contributed by atoms with Crippen LogP contribution in [0.4, 0.5) is 5.82 Å². The largest absolute Gasteiger partial charge is 0.385 e.